The summed E-state index contributed by atoms with van der Waals surface area (Å²) in [5, 5.41) is 0. The third-order valence-electron chi connectivity index (χ3n) is 7.05. The molecule has 0 aliphatic heterocycles. The first kappa shape index (κ1) is 52.2. The van der Waals surface area contributed by atoms with Crippen LogP contribution in [0.3, 0.4) is 0 Å². The second-order valence-corrected chi connectivity index (χ2v) is 13.1. The fraction of sp³-hybridized carbons (Fsp3) is 0.649. The van der Waals surface area contributed by atoms with Crippen molar-refractivity contribution in [3.8, 4) is 5.75 Å². The molecule has 0 fully saturated rings. The number of benzene rings is 2. The Labute approximate surface area is 340 Å². The zero-order valence-corrected chi connectivity index (χ0v) is 33.5. The van der Waals surface area contributed by atoms with Gasteiger partial charge in [-0.05, 0) is 12.1 Å². The highest BCUT2D eigenvalue weighted by molar-refractivity contribution is 7.86. The van der Waals surface area contributed by atoms with Crippen LogP contribution in [0.4, 0.5) is 22.0 Å². The molecule has 16 nitrogen and oxygen atoms in total. The Morgan fingerprint density at radius 1 is 0.390 bits per heavy atom. The van der Waals surface area contributed by atoms with Crippen molar-refractivity contribution in [2.75, 3.05) is 152 Å². The summed E-state index contributed by atoms with van der Waals surface area (Å²) < 4.78 is 159. The number of hydrogen-bond donors (Lipinski definition) is 0. The Kier molecular flexibility index (Phi) is 29.8. The van der Waals surface area contributed by atoms with Gasteiger partial charge in [0, 0.05) is 0 Å². The minimum Gasteiger partial charge on any atom is -0.420 e. The number of halogens is 5. The summed E-state index contributed by atoms with van der Waals surface area (Å²) in [6.45, 7) is 6.84. The lowest BCUT2D eigenvalue weighted by molar-refractivity contribution is -0.136. The van der Waals surface area contributed by atoms with Crippen molar-refractivity contribution in [3.05, 3.63) is 59.4 Å². The maximum Gasteiger partial charge on any atom is 0.313 e. The summed E-state index contributed by atoms with van der Waals surface area (Å²) in [6.07, 6.45) is -0.496. The number of carbonyl (C=O) groups is 1. The van der Waals surface area contributed by atoms with Gasteiger partial charge < -0.3 is 56.8 Å². The molecule has 2 rings (SSSR count). The van der Waals surface area contributed by atoms with Crippen molar-refractivity contribution < 1.29 is 96.2 Å². The lowest BCUT2D eigenvalue weighted by Crippen LogP contribution is -2.16. The predicted octanol–water partition coefficient (Wildman–Crippen LogP) is 3.27. The van der Waals surface area contributed by atoms with Crippen LogP contribution in [-0.4, -0.2) is 166 Å². The van der Waals surface area contributed by atoms with Gasteiger partial charge in [-0.15, -0.1) is 0 Å². The quantitative estimate of drug-likeness (QED) is 0.0182. The van der Waals surface area contributed by atoms with Crippen molar-refractivity contribution >= 4 is 16.1 Å². The molecule has 0 bridgehead atoms. The van der Waals surface area contributed by atoms with Gasteiger partial charge in [0.1, 0.15) is 0 Å². The summed E-state index contributed by atoms with van der Waals surface area (Å²) in [5.41, 5.74) is 0. The van der Waals surface area contributed by atoms with Crippen molar-refractivity contribution in [1.82, 2.24) is 0 Å². The van der Waals surface area contributed by atoms with Crippen molar-refractivity contribution in [2.24, 2.45) is 0 Å². The smallest absolute Gasteiger partial charge is 0.313 e. The highest BCUT2D eigenvalue weighted by Gasteiger charge is 2.28. The van der Waals surface area contributed by atoms with Gasteiger partial charge in [-0.25, -0.2) is 13.2 Å². The fourth-order valence-corrected chi connectivity index (χ4v) is 5.07. The van der Waals surface area contributed by atoms with Gasteiger partial charge >= 0.3 is 5.97 Å². The topological polar surface area (TPSA) is 171 Å². The summed E-state index contributed by atoms with van der Waals surface area (Å²) in [5.74, 6) is -14.2. The zero-order chi connectivity index (χ0) is 42.8. The predicted molar refractivity (Wildman–Crippen MR) is 195 cm³/mol. The Morgan fingerprint density at radius 2 is 0.661 bits per heavy atom. The molecule has 0 atom stereocenters. The second kappa shape index (κ2) is 33.7. The Hall–Kier alpha value is -2.97. The number of esters is 1. The van der Waals surface area contributed by atoms with Gasteiger partial charge in [-0.1, -0.05) is 18.2 Å². The molecule has 0 aliphatic carbocycles. The highest BCUT2D eigenvalue weighted by Crippen LogP contribution is 2.29. The number of carbonyl (C=O) groups excluding carboxylic acids is 1. The van der Waals surface area contributed by atoms with E-state index in [1.165, 1.54) is 12.1 Å². The highest BCUT2D eigenvalue weighted by atomic mass is 32.2. The molecule has 0 aliphatic rings. The molecule has 0 heterocycles. The van der Waals surface area contributed by atoms with Crippen molar-refractivity contribution in [3.63, 3.8) is 0 Å². The SMILES string of the molecule is O=C(CCOCCOCCOCCOCCOCCOCCOCCOCCOCCOCCOCCOS(=O)(=O)c1ccccc1)Oc1c(F)c(F)c(F)c(F)c1F. The van der Waals surface area contributed by atoms with E-state index in [0.29, 0.717) is 112 Å². The largest absolute Gasteiger partial charge is 0.420 e. The molecule has 338 valence electrons. The van der Waals surface area contributed by atoms with Crippen LogP contribution in [0.2, 0.25) is 0 Å². The minimum atomic E-state index is -3.78. The van der Waals surface area contributed by atoms with Crippen LogP contribution in [0.1, 0.15) is 6.42 Å². The molecule has 2 aromatic carbocycles. The molecule has 2 aromatic rings. The van der Waals surface area contributed by atoms with E-state index in [9.17, 15) is 35.2 Å². The number of ether oxygens (including phenoxy) is 12. The molecule has 0 saturated heterocycles. The van der Waals surface area contributed by atoms with Crippen LogP contribution < -0.4 is 4.74 Å². The Morgan fingerprint density at radius 3 is 0.983 bits per heavy atom. The van der Waals surface area contributed by atoms with E-state index in [0.717, 1.165) is 0 Å². The standard InChI is InChI=1S/C37H53F5O16S/c38-32-33(39)35(41)37(36(42)34(32)40)58-31(43)6-7-46-8-9-47-10-11-48-12-13-49-14-15-50-16-17-51-18-19-52-20-21-53-22-23-54-24-25-55-26-27-56-28-29-57-59(44,45)30-4-2-1-3-5-30/h1-5H,6-29H2. The minimum absolute atomic E-state index is 0.0697. The van der Waals surface area contributed by atoms with Crippen molar-refractivity contribution in [1.29, 1.82) is 0 Å². The van der Waals surface area contributed by atoms with Gasteiger partial charge in [0.25, 0.3) is 10.1 Å². The molecule has 0 amide bonds. The molecular formula is C37H53F5O16S. The lowest BCUT2D eigenvalue weighted by atomic mass is 10.2. The van der Waals surface area contributed by atoms with E-state index in [1.54, 1.807) is 18.2 Å². The zero-order valence-electron chi connectivity index (χ0n) is 32.7. The Balaban J connectivity index is 1.20. The first-order valence-corrected chi connectivity index (χ1v) is 20.1. The average molecular weight is 881 g/mol. The fourth-order valence-electron chi connectivity index (χ4n) is 4.15. The van der Waals surface area contributed by atoms with Crippen molar-refractivity contribution in [2.45, 2.75) is 11.3 Å². The molecule has 0 unspecified atom stereocenters. The van der Waals surface area contributed by atoms with E-state index in [-0.39, 0.29) is 44.5 Å². The first-order chi connectivity index (χ1) is 28.6. The molecule has 0 spiro atoms. The molecule has 0 saturated carbocycles. The number of rotatable bonds is 39. The van der Waals surface area contributed by atoms with Crippen LogP contribution in [0.5, 0.6) is 5.75 Å². The normalized spacial score (nSPS) is 11.7. The van der Waals surface area contributed by atoms with Crippen LogP contribution >= 0.6 is 0 Å². The summed E-state index contributed by atoms with van der Waals surface area (Å²) in [6, 6.07) is 7.90. The van der Waals surface area contributed by atoms with Crippen LogP contribution in [-0.2, 0) is 71.2 Å². The van der Waals surface area contributed by atoms with Gasteiger partial charge in [-0.2, -0.15) is 17.2 Å². The van der Waals surface area contributed by atoms with E-state index < -0.39 is 57.3 Å². The van der Waals surface area contributed by atoms with E-state index >= 15 is 0 Å². The molecule has 0 N–H and O–H groups in total. The third kappa shape index (κ3) is 24.8. The molecular weight excluding hydrogens is 827 g/mol. The van der Waals surface area contributed by atoms with E-state index in [2.05, 4.69) is 4.74 Å². The molecule has 59 heavy (non-hydrogen) atoms. The lowest BCUT2D eigenvalue weighted by Gasteiger charge is -2.09. The third-order valence-corrected chi connectivity index (χ3v) is 8.38. The monoisotopic (exact) mass is 880 g/mol. The summed E-state index contributed by atoms with van der Waals surface area (Å²) in [4.78, 5) is 11.8. The maximum atomic E-state index is 13.6. The average Bonchev–Trinajstić information content (AvgIpc) is 3.23. The maximum absolute atomic E-state index is 13.6. The Bertz CT molecular complexity index is 1470. The molecule has 22 heteroatoms. The van der Waals surface area contributed by atoms with Crippen LogP contribution in [0.15, 0.2) is 35.2 Å². The van der Waals surface area contributed by atoms with Gasteiger partial charge in [0.2, 0.25) is 34.8 Å². The van der Waals surface area contributed by atoms with E-state index in [4.69, 9.17) is 56.3 Å². The number of hydrogen-bond acceptors (Lipinski definition) is 16. The van der Waals surface area contributed by atoms with Crippen LogP contribution in [0, 0.1) is 29.1 Å². The van der Waals surface area contributed by atoms with Gasteiger partial charge in [0.15, 0.2) is 0 Å². The van der Waals surface area contributed by atoms with E-state index in [1.807, 2.05) is 0 Å². The first-order valence-electron chi connectivity index (χ1n) is 18.7. The van der Waals surface area contributed by atoms with Gasteiger partial charge in [0.05, 0.1) is 163 Å². The van der Waals surface area contributed by atoms with Crippen LogP contribution in [0.25, 0.3) is 0 Å². The molecule has 0 aromatic heterocycles. The van der Waals surface area contributed by atoms with Gasteiger partial charge in [-0.3, -0.25) is 8.98 Å². The summed E-state index contributed by atoms with van der Waals surface area (Å²) in [7, 11) is -3.78. The summed E-state index contributed by atoms with van der Waals surface area (Å²) >= 11 is 0. The second-order valence-electron chi connectivity index (χ2n) is 11.4. The molecule has 0 radical (unpaired) electrons.